The number of allylic oxidation sites excluding steroid dienone is 1. The first-order valence-corrected chi connectivity index (χ1v) is 6.13. The van der Waals surface area contributed by atoms with Gasteiger partial charge < -0.3 is 10.5 Å². The van der Waals surface area contributed by atoms with E-state index in [1.165, 1.54) is 5.57 Å². The van der Waals surface area contributed by atoms with Gasteiger partial charge in [0.1, 0.15) is 6.17 Å². The van der Waals surface area contributed by atoms with E-state index >= 15 is 0 Å². The van der Waals surface area contributed by atoms with Crippen molar-refractivity contribution in [2.75, 3.05) is 32.8 Å². The Morgan fingerprint density at radius 3 is 3.12 bits per heavy atom. The molecule has 0 bridgehead atoms. The second kappa shape index (κ2) is 5.75. The number of nitrogens with zero attached hydrogens (tertiary/aromatic N) is 1. The van der Waals surface area contributed by atoms with Gasteiger partial charge >= 0.3 is 0 Å². The van der Waals surface area contributed by atoms with Crippen LogP contribution in [0.2, 0.25) is 0 Å². The van der Waals surface area contributed by atoms with Gasteiger partial charge in [-0.1, -0.05) is 11.6 Å². The van der Waals surface area contributed by atoms with Crippen molar-refractivity contribution in [1.29, 1.82) is 0 Å². The van der Waals surface area contributed by atoms with Gasteiger partial charge in [-0.3, -0.25) is 4.90 Å². The van der Waals surface area contributed by atoms with E-state index in [0.717, 1.165) is 32.7 Å². The molecule has 92 valence electrons. The van der Waals surface area contributed by atoms with E-state index in [1.807, 2.05) is 0 Å². The van der Waals surface area contributed by atoms with Crippen molar-refractivity contribution in [3.05, 3.63) is 11.6 Å². The molecule has 1 aliphatic carbocycles. The van der Waals surface area contributed by atoms with Gasteiger partial charge in [0.25, 0.3) is 0 Å². The largest absolute Gasteiger partial charge is 0.378 e. The summed E-state index contributed by atoms with van der Waals surface area (Å²) in [7, 11) is 0. The van der Waals surface area contributed by atoms with Crippen LogP contribution in [-0.2, 0) is 4.74 Å². The lowest BCUT2D eigenvalue weighted by molar-refractivity contribution is 0.000184. The molecule has 1 heterocycles. The molecular formula is C12H21FN2O. The molecule has 2 atom stereocenters. The highest BCUT2D eigenvalue weighted by molar-refractivity contribution is 5.09. The van der Waals surface area contributed by atoms with Crippen molar-refractivity contribution in [1.82, 2.24) is 4.90 Å². The maximum atomic E-state index is 13.0. The Kier molecular flexibility index (Phi) is 4.32. The molecule has 0 spiro atoms. The average molecular weight is 228 g/mol. The zero-order chi connectivity index (χ0) is 11.4. The highest BCUT2D eigenvalue weighted by Gasteiger charge is 2.23. The molecule has 0 amide bonds. The highest BCUT2D eigenvalue weighted by Crippen LogP contribution is 2.22. The van der Waals surface area contributed by atoms with Crippen molar-refractivity contribution in [3.8, 4) is 0 Å². The summed E-state index contributed by atoms with van der Waals surface area (Å²) in [6.45, 7) is 4.04. The highest BCUT2D eigenvalue weighted by atomic mass is 19.1. The topological polar surface area (TPSA) is 38.5 Å². The molecule has 2 N–H and O–H groups in total. The van der Waals surface area contributed by atoms with Crippen LogP contribution >= 0.6 is 0 Å². The third-order valence-corrected chi connectivity index (χ3v) is 3.47. The zero-order valence-corrected chi connectivity index (χ0v) is 9.70. The van der Waals surface area contributed by atoms with Crippen LogP contribution in [0.3, 0.4) is 0 Å². The fourth-order valence-electron chi connectivity index (χ4n) is 2.38. The van der Waals surface area contributed by atoms with Crippen LogP contribution in [0.4, 0.5) is 4.39 Å². The minimum Gasteiger partial charge on any atom is -0.378 e. The van der Waals surface area contributed by atoms with Crippen LogP contribution in [0.25, 0.3) is 0 Å². The Balaban J connectivity index is 1.87. The summed E-state index contributed by atoms with van der Waals surface area (Å²) < 4.78 is 18.4. The van der Waals surface area contributed by atoms with Crippen molar-refractivity contribution in [2.24, 2.45) is 5.73 Å². The minimum atomic E-state index is -0.626. The summed E-state index contributed by atoms with van der Waals surface area (Å²) in [5.74, 6) is 0. The molecule has 0 aromatic carbocycles. The second-order valence-corrected chi connectivity index (χ2v) is 4.67. The first-order valence-electron chi connectivity index (χ1n) is 6.13. The summed E-state index contributed by atoms with van der Waals surface area (Å²) >= 11 is 0. The van der Waals surface area contributed by atoms with E-state index in [9.17, 15) is 4.39 Å². The van der Waals surface area contributed by atoms with Gasteiger partial charge in [0.2, 0.25) is 0 Å². The van der Waals surface area contributed by atoms with Crippen LogP contribution in [0, 0.1) is 0 Å². The predicted molar refractivity (Wildman–Crippen MR) is 62.1 cm³/mol. The lowest BCUT2D eigenvalue weighted by Crippen LogP contribution is -2.50. The van der Waals surface area contributed by atoms with Crippen LogP contribution in [0.5, 0.6) is 0 Å². The van der Waals surface area contributed by atoms with Crippen molar-refractivity contribution < 1.29 is 9.13 Å². The first-order chi connectivity index (χ1) is 7.79. The van der Waals surface area contributed by atoms with Gasteiger partial charge in [-0.15, -0.1) is 0 Å². The standard InChI is InChI=1S/C12H21FN2O/c13-11-3-1-10(2-4-11)8-15-5-6-16-9-12(15)7-14/h1,11-12H,2-9,14H2. The lowest BCUT2D eigenvalue weighted by atomic mass is 9.97. The molecule has 2 unspecified atom stereocenters. The fraction of sp³-hybridized carbons (Fsp3) is 0.833. The number of alkyl halides is 1. The van der Waals surface area contributed by atoms with E-state index in [2.05, 4.69) is 11.0 Å². The quantitative estimate of drug-likeness (QED) is 0.735. The Hall–Kier alpha value is -0.450. The minimum absolute atomic E-state index is 0.331. The van der Waals surface area contributed by atoms with Crippen molar-refractivity contribution in [3.63, 3.8) is 0 Å². The Morgan fingerprint density at radius 1 is 1.56 bits per heavy atom. The molecule has 0 radical (unpaired) electrons. The van der Waals surface area contributed by atoms with Gasteiger partial charge in [0, 0.05) is 25.7 Å². The number of ether oxygens (including phenoxy) is 1. The molecule has 1 aliphatic heterocycles. The second-order valence-electron chi connectivity index (χ2n) is 4.67. The summed E-state index contributed by atoms with van der Waals surface area (Å²) in [6, 6.07) is 0.331. The third-order valence-electron chi connectivity index (χ3n) is 3.47. The van der Waals surface area contributed by atoms with Crippen molar-refractivity contribution >= 4 is 0 Å². The molecular weight excluding hydrogens is 207 g/mol. The zero-order valence-electron chi connectivity index (χ0n) is 9.70. The number of hydrogen-bond donors (Lipinski definition) is 1. The van der Waals surface area contributed by atoms with Gasteiger partial charge in [-0.25, -0.2) is 4.39 Å². The molecule has 0 saturated carbocycles. The average Bonchev–Trinajstić information content (AvgIpc) is 2.33. The van der Waals surface area contributed by atoms with Crippen LogP contribution in [0.15, 0.2) is 11.6 Å². The molecule has 3 nitrogen and oxygen atoms in total. The predicted octanol–water partition coefficient (Wildman–Crippen LogP) is 1.09. The van der Waals surface area contributed by atoms with Gasteiger partial charge in [0.05, 0.1) is 13.2 Å². The van der Waals surface area contributed by atoms with Crippen LogP contribution in [0.1, 0.15) is 19.3 Å². The first kappa shape index (κ1) is 12.0. The van der Waals surface area contributed by atoms with Crippen LogP contribution in [-0.4, -0.2) is 50.0 Å². The molecule has 0 aromatic rings. The summed E-state index contributed by atoms with van der Waals surface area (Å²) in [4.78, 5) is 2.37. The normalized spacial score (nSPS) is 32.5. The van der Waals surface area contributed by atoms with E-state index < -0.39 is 6.17 Å². The summed E-state index contributed by atoms with van der Waals surface area (Å²) in [5, 5.41) is 0. The van der Waals surface area contributed by atoms with E-state index in [4.69, 9.17) is 10.5 Å². The molecule has 0 aromatic heterocycles. The van der Waals surface area contributed by atoms with E-state index in [0.29, 0.717) is 25.4 Å². The molecule has 1 saturated heterocycles. The molecule has 16 heavy (non-hydrogen) atoms. The summed E-state index contributed by atoms with van der Waals surface area (Å²) in [6.07, 6.45) is 3.61. The lowest BCUT2D eigenvalue weighted by Gasteiger charge is -2.36. The number of morpholine rings is 1. The monoisotopic (exact) mass is 228 g/mol. The van der Waals surface area contributed by atoms with Gasteiger partial charge in [-0.2, -0.15) is 0 Å². The number of rotatable bonds is 3. The number of hydrogen-bond acceptors (Lipinski definition) is 3. The molecule has 2 rings (SSSR count). The summed E-state index contributed by atoms with van der Waals surface area (Å²) in [5.41, 5.74) is 7.09. The number of nitrogens with two attached hydrogens (primary N) is 1. The van der Waals surface area contributed by atoms with E-state index in [1.54, 1.807) is 0 Å². The fourth-order valence-corrected chi connectivity index (χ4v) is 2.38. The molecule has 4 heteroatoms. The number of halogens is 1. The Bertz CT molecular complexity index is 257. The van der Waals surface area contributed by atoms with Gasteiger partial charge in [-0.05, 0) is 19.3 Å². The SMILES string of the molecule is NCC1COCCN1CC1=CCC(F)CC1. The molecule has 1 fully saturated rings. The van der Waals surface area contributed by atoms with Crippen LogP contribution < -0.4 is 5.73 Å². The maximum Gasteiger partial charge on any atom is 0.104 e. The van der Waals surface area contributed by atoms with E-state index in [-0.39, 0.29) is 0 Å². The Morgan fingerprint density at radius 2 is 2.44 bits per heavy atom. The van der Waals surface area contributed by atoms with Crippen molar-refractivity contribution in [2.45, 2.75) is 31.5 Å². The molecule has 2 aliphatic rings. The van der Waals surface area contributed by atoms with Gasteiger partial charge in [0.15, 0.2) is 0 Å². The third kappa shape index (κ3) is 3.03. The Labute approximate surface area is 96.4 Å². The maximum absolute atomic E-state index is 13.0. The smallest absolute Gasteiger partial charge is 0.104 e.